The molecule has 1 aromatic carbocycles. The maximum atomic E-state index is 4.65. The van der Waals surface area contributed by atoms with E-state index in [2.05, 4.69) is 60.5 Å². The normalized spacial score (nSPS) is 17.9. The monoisotopic (exact) mass is 313 g/mol. The first-order valence-electron chi connectivity index (χ1n) is 7.99. The predicted octanol–water partition coefficient (Wildman–Crippen LogP) is 4.84. The predicted molar refractivity (Wildman–Crippen MR) is 95.1 cm³/mol. The number of rotatable bonds is 4. The molecule has 1 aliphatic carbocycles. The molecule has 0 saturated carbocycles. The minimum Gasteiger partial charge on any atom is -0.253 e. The van der Waals surface area contributed by atoms with Crippen molar-refractivity contribution in [2.24, 2.45) is 11.0 Å². The highest BCUT2D eigenvalue weighted by atomic mass is 32.1. The van der Waals surface area contributed by atoms with Gasteiger partial charge in [0.25, 0.3) is 0 Å². The maximum absolute atomic E-state index is 4.65. The summed E-state index contributed by atoms with van der Waals surface area (Å²) in [6.07, 6.45) is 5.37. The van der Waals surface area contributed by atoms with Crippen LogP contribution in [0.25, 0.3) is 0 Å². The van der Waals surface area contributed by atoms with Crippen molar-refractivity contribution in [2.75, 3.05) is 5.43 Å². The van der Waals surface area contributed by atoms with Crippen molar-refractivity contribution in [1.82, 2.24) is 4.98 Å². The highest BCUT2D eigenvalue weighted by Gasteiger charge is 2.19. The number of anilines is 1. The zero-order valence-electron chi connectivity index (χ0n) is 13.5. The van der Waals surface area contributed by atoms with Crippen molar-refractivity contribution in [1.29, 1.82) is 0 Å². The van der Waals surface area contributed by atoms with Crippen molar-refractivity contribution in [3.63, 3.8) is 0 Å². The van der Waals surface area contributed by atoms with Crippen LogP contribution in [0.3, 0.4) is 0 Å². The summed E-state index contributed by atoms with van der Waals surface area (Å²) in [5.74, 6) is 1.34. The quantitative estimate of drug-likeness (QED) is 0.648. The summed E-state index contributed by atoms with van der Waals surface area (Å²) in [5.41, 5.74) is 6.80. The average Bonchev–Trinajstić information content (AvgIpc) is 2.89. The molecule has 0 aliphatic heterocycles. The van der Waals surface area contributed by atoms with E-state index in [4.69, 9.17) is 0 Å². The standard InChI is InChI=1S/C18H23N3S/c1-12(2)15-7-5-14(6-8-15)11-19-21-18-20-16-9-4-13(3)10-17(16)22-18/h5-8,11-13H,4,9-10H2,1-3H3,(H,20,21)/b19-11+/t13-/m1/s1. The molecule has 116 valence electrons. The molecule has 1 N–H and O–H groups in total. The molecule has 0 radical (unpaired) electrons. The molecule has 4 heteroatoms. The molecule has 22 heavy (non-hydrogen) atoms. The molecule has 0 amide bonds. The van der Waals surface area contributed by atoms with Crippen LogP contribution in [0.15, 0.2) is 29.4 Å². The molecule has 0 fully saturated rings. The Labute approximate surface area is 136 Å². The summed E-state index contributed by atoms with van der Waals surface area (Å²) >= 11 is 1.74. The van der Waals surface area contributed by atoms with Crippen molar-refractivity contribution in [3.8, 4) is 0 Å². The molecule has 0 bridgehead atoms. The van der Waals surface area contributed by atoms with E-state index in [0.29, 0.717) is 5.92 Å². The fraction of sp³-hybridized carbons (Fsp3) is 0.444. The fourth-order valence-corrected chi connectivity index (χ4v) is 3.84. The van der Waals surface area contributed by atoms with Gasteiger partial charge in [0, 0.05) is 4.88 Å². The second-order valence-corrected chi connectivity index (χ2v) is 7.51. The first kappa shape index (κ1) is 15.2. The molecule has 0 spiro atoms. The number of benzene rings is 1. The Morgan fingerprint density at radius 3 is 2.82 bits per heavy atom. The first-order valence-corrected chi connectivity index (χ1v) is 8.81. The third-order valence-electron chi connectivity index (χ3n) is 4.16. The van der Waals surface area contributed by atoms with Crippen LogP contribution in [0.1, 0.15) is 54.8 Å². The summed E-state index contributed by atoms with van der Waals surface area (Å²) in [6.45, 7) is 6.72. The van der Waals surface area contributed by atoms with Gasteiger partial charge in [-0.15, -0.1) is 11.3 Å². The number of aryl methyl sites for hydroxylation is 1. The van der Waals surface area contributed by atoms with Gasteiger partial charge in [0.05, 0.1) is 11.9 Å². The maximum Gasteiger partial charge on any atom is 0.203 e. The molecular weight excluding hydrogens is 290 g/mol. The molecule has 1 aromatic heterocycles. The Morgan fingerprint density at radius 1 is 1.32 bits per heavy atom. The van der Waals surface area contributed by atoms with Gasteiger partial charge in [0.2, 0.25) is 5.13 Å². The van der Waals surface area contributed by atoms with Crippen molar-refractivity contribution >= 4 is 22.7 Å². The summed E-state index contributed by atoms with van der Waals surface area (Å²) in [4.78, 5) is 6.08. The number of fused-ring (bicyclic) bond motifs is 1. The van der Waals surface area contributed by atoms with Gasteiger partial charge in [-0.1, -0.05) is 45.0 Å². The van der Waals surface area contributed by atoms with E-state index >= 15 is 0 Å². The van der Waals surface area contributed by atoms with E-state index in [-0.39, 0.29) is 0 Å². The number of hydrazone groups is 1. The lowest BCUT2D eigenvalue weighted by Crippen LogP contribution is -2.09. The summed E-state index contributed by atoms with van der Waals surface area (Å²) in [5, 5.41) is 5.23. The number of nitrogens with one attached hydrogen (secondary N) is 1. The Kier molecular flexibility index (Phi) is 4.57. The van der Waals surface area contributed by atoms with Crippen molar-refractivity contribution in [3.05, 3.63) is 46.0 Å². The molecular formula is C18H23N3S. The Hall–Kier alpha value is -1.68. The Bertz CT molecular complexity index is 655. The lowest BCUT2D eigenvalue weighted by atomic mass is 9.93. The van der Waals surface area contributed by atoms with Gasteiger partial charge in [-0.05, 0) is 42.2 Å². The number of hydrogen-bond donors (Lipinski definition) is 1. The van der Waals surface area contributed by atoms with Crippen LogP contribution in [0.5, 0.6) is 0 Å². The lowest BCUT2D eigenvalue weighted by molar-refractivity contribution is 0.502. The molecule has 1 aliphatic rings. The van der Waals surface area contributed by atoms with Gasteiger partial charge in [-0.25, -0.2) is 4.98 Å². The molecule has 1 heterocycles. The van der Waals surface area contributed by atoms with Crippen LogP contribution >= 0.6 is 11.3 Å². The first-order chi connectivity index (χ1) is 10.6. The summed E-state index contributed by atoms with van der Waals surface area (Å²) < 4.78 is 0. The van der Waals surface area contributed by atoms with Crippen LogP contribution < -0.4 is 5.43 Å². The SMILES string of the molecule is CC(C)c1ccc(/C=N/Nc2nc3c(s2)C[C@H](C)CC3)cc1. The third kappa shape index (κ3) is 3.55. The van der Waals surface area contributed by atoms with Crippen LogP contribution in [-0.2, 0) is 12.8 Å². The molecule has 2 aromatic rings. The zero-order chi connectivity index (χ0) is 15.5. The number of aromatic nitrogens is 1. The minimum atomic E-state index is 0.563. The molecule has 3 nitrogen and oxygen atoms in total. The smallest absolute Gasteiger partial charge is 0.203 e. The highest BCUT2D eigenvalue weighted by Crippen LogP contribution is 2.32. The van der Waals surface area contributed by atoms with Crippen LogP contribution in [0, 0.1) is 5.92 Å². The van der Waals surface area contributed by atoms with Gasteiger partial charge < -0.3 is 0 Å². The number of thiazole rings is 1. The van der Waals surface area contributed by atoms with Crippen LogP contribution in [-0.4, -0.2) is 11.2 Å². The van der Waals surface area contributed by atoms with E-state index in [1.54, 1.807) is 11.3 Å². The minimum absolute atomic E-state index is 0.563. The number of hydrogen-bond acceptors (Lipinski definition) is 4. The van der Waals surface area contributed by atoms with Crippen LogP contribution in [0.4, 0.5) is 5.13 Å². The van der Waals surface area contributed by atoms with E-state index in [0.717, 1.165) is 29.5 Å². The lowest BCUT2D eigenvalue weighted by Gasteiger charge is -2.15. The molecule has 3 rings (SSSR count). The third-order valence-corrected chi connectivity index (χ3v) is 5.19. The highest BCUT2D eigenvalue weighted by molar-refractivity contribution is 7.15. The summed E-state index contributed by atoms with van der Waals surface area (Å²) in [6, 6.07) is 8.54. The molecule has 0 unspecified atom stereocenters. The van der Waals surface area contributed by atoms with Gasteiger partial charge >= 0.3 is 0 Å². The molecule has 0 saturated heterocycles. The largest absolute Gasteiger partial charge is 0.253 e. The van der Waals surface area contributed by atoms with Gasteiger partial charge in [-0.2, -0.15) is 5.10 Å². The number of nitrogens with zero attached hydrogens (tertiary/aromatic N) is 2. The summed E-state index contributed by atoms with van der Waals surface area (Å²) in [7, 11) is 0. The fourth-order valence-electron chi connectivity index (χ4n) is 2.72. The topological polar surface area (TPSA) is 37.3 Å². The van der Waals surface area contributed by atoms with E-state index in [1.165, 1.54) is 22.6 Å². The van der Waals surface area contributed by atoms with E-state index < -0.39 is 0 Å². The molecule has 1 atom stereocenters. The second kappa shape index (κ2) is 6.61. The van der Waals surface area contributed by atoms with Gasteiger partial charge in [0.1, 0.15) is 0 Å². The second-order valence-electron chi connectivity index (χ2n) is 6.43. The van der Waals surface area contributed by atoms with E-state index in [9.17, 15) is 0 Å². The van der Waals surface area contributed by atoms with Gasteiger partial charge in [-0.3, -0.25) is 5.43 Å². The van der Waals surface area contributed by atoms with Crippen LogP contribution in [0.2, 0.25) is 0 Å². The Balaban J connectivity index is 1.62. The van der Waals surface area contributed by atoms with Crippen molar-refractivity contribution in [2.45, 2.75) is 46.0 Å². The van der Waals surface area contributed by atoms with Gasteiger partial charge in [0.15, 0.2) is 0 Å². The Morgan fingerprint density at radius 2 is 2.09 bits per heavy atom. The zero-order valence-corrected chi connectivity index (χ0v) is 14.3. The van der Waals surface area contributed by atoms with E-state index in [1.807, 2.05) is 6.21 Å². The average molecular weight is 313 g/mol. The van der Waals surface area contributed by atoms with Crippen molar-refractivity contribution < 1.29 is 0 Å².